The van der Waals surface area contributed by atoms with Crippen LogP contribution in [0.25, 0.3) is 10.1 Å². The Balaban J connectivity index is 1.03. The lowest BCUT2D eigenvalue weighted by atomic mass is 9.78. The summed E-state index contributed by atoms with van der Waals surface area (Å²) in [5, 5.41) is 23.6. The molecule has 2 aromatic heterocycles. The van der Waals surface area contributed by atoms with E-state index in [0.29, 0.717) is 41.3 Å². The van der Waals surface area contributed by atoms with Crippen LogP contribution >= 0.6 is 11.5 Å². The van der Waals surface area contributed by atoms with Crippen molar-refractivity contribution in [2.24, 2.45) is 17.8 Å². The van der Waals surface area contributed by atoms with E-state index in [1.165, 1.54) is 35.8 Å². The van der Waals surface area contributed by atoms with Crippen LogP contribution in [0.3, 0.4) is 0 Å². The minimum Gasteiger partial charge on any atom is -0.494 e. The first-order chi connectivity index (χ1) is 17.6. The molecule has 7 heteroatoms. The smallest absolute Gasteiger partial charge is 0.197 e. The van der Waals surface area contributed by atoms with Crippen LogP contribution in [-0.4, -0.2) is 56.8 Å². The number of fused-ring (bicyclic) bond motifs is 6. The molecular weight excluding hydrogens is 468 g/mol. The van der Waals surface area contributed by atoms with Crippen LogP contribution in [0.2, 0.25) is 0 Å². The Labute approximate surface area is 217 Å². The molecular formula is C29H38N4O2S. The van der Waals surface area contributed by atoms with Crippen molar-refractivity contribution in [2.45, 2.75) is 63.8 Å². The molecule has 192 valence electrons. The van der Waals surface area contributed by atoms with Gasteiger partial charge in [-0.15, -0.1) is 0 Å². The van der Waals surface area contributed by atoms with Gasteiger partial charge in [0.15, 0.2) is 11.8 Å². The van der Waals surface area contributed by atoms with Crippen molar-refractivity contribution in [1.82, 2.24) is 13.8 Å². The van der Waals surface area contributed by atoms with Crippen molar-refractivity contribution < 1.29 is 10.2 Å². The highest BCUT2D eigenvalue weighted by Gasteiger charge is 2.48. The summed E-state index contributed by atoms with van der Waals surface area (Å²) in [6.45, 7) is 8.38. The molecule has 6 nitrogen and oxygen atoms in total. The Morgan fingerprint density at radius 1 is 0.917 bits per heavy atom. The number of hydrogen-bond acceptors (Lipinski definition) is 6. The topological polar surface area (TPSA) is 64.8 Å². The molecule has 0 radical (unpaired) electrons. The van der Waals surface area contributed by atoms with Crippen LogP contribution in [0.5, 0.6) is 11.8 Å². The van der Waals surface area contributed by atoms with E-state index in [4.69, 9.17) is 4.37 Å². The molecule has 3 aliphatic carbocycles. The maximum absolute atomic E-state index is 11.2. The van der Waals surface area contributed by atoms with Crippen molar-refractivity contribution in [2.75, 3.05) is 37.6 Å². The molecule has 4 aliphatic rings. The van der Waals surface area contributed by atoms with Gasteiger partial charge >= 0.3 is 0 Å². The van der Waals surface area contributed by atoms with E-state index < -0.39 is 0 Å². The Bertz CT molecular complexity index is 1260. The predicted octanol–water partition coefficient (Wildman–Crippen LogP) is 5.75. The van der Waals surface area contributed by atoms with Gasteiger partial charge in [0, 0.05) is 55.8 Å². The van der Waals surface area contributed by atoms with Crippen molar-refractivity contribution in [3.8, 4) is 11.8 Å². The first-order valence-electron chi connectivity index (χ1n) is 14.0. The van der Waals surface area contributed by atoms with Gasteiger partial charge in [0.2, 0.25) is 0 Å². The molecule has 3 heterocycles. The molecule has 1 aliphatic heterocycles. The first-order valence-corrected chi connectivity index (χ1v) is 14.8. The second kappa shape index (κ2) is 8.95. The number of aromatic nitrogens is 2. The van der Waals surface area contributed by atoms with Gasteiger partial charge in [0.1, 0.15) is 5.82 Å². The summed E-state index contributed by atoms with van der Waals surface area (Å²) >= 11 is 1.60. The third-order valence-electron chi connectivity index (χ3n) is 9.95. The number of nitrogens with zero attached hydrogens (tertiary/aromatic N) is 4. The number of aromatic hydroxyl groups is 2. The molecule has 1 saturated heterocycles. The average molecular weight is 507 g/mol. The molecule has 3 fully saturated rings. The van der Waals surface area contributed by atoms with Crippen LogP contribution in [-0.2, 0) is 6.54 Å². The summed E-state index contributed by atoms with van der Waals surface area (Å²) in [4.78, 5) is 5.10. The summed E-state index contributed by atoms with van der Waals surface area (Å²) < 4.78 is 7.93. The zero-order chi connectivity index (χ0) is 24.4. The normalized spacial score (nSPS) is 30.4. The summed E-state index contributed by atoms with van der Waals surface area (Å²) in [5.41, 5.74) is 2.16. The zero-order valence-electron chi connectivity index (χ0n) is 21.3. The number of rotatable bonds is 5. The Kier molecular flexibility index (Phi) is 5.69. The van der Waals surface area contributed by atoms with Gasteiger partial charge in [-0.2, -0.15) is 4.37 Å². The van der Waals surface area contributed by atoms with Gasteiger partial charge < -0.3 is 15.1 Å². The van der Waals surface area contributed by atoms with E-state index in [0.717, 1.165) is 69.1 Å². The minimum absolute atomic E-state index is 0.370. The van der Waals surface area contributed by atoms with E-state index in [1.54, 1.807) is 11.5 Å². The third kappa shape index (κ3) is 3.65. The van der Waals surface area contributed by atoms with Crippen molar-refractivity contribution in [3.63, 3.8) is 0 Å². The molecule has 7 rings (SSSR count). The maximum atomic E-state index is 11.2. The average Bonchev–Trinajstić information content (AvgIpc) is 3.64. The van der Waals surface area contributed by atoms with Gasteiger partial charge in [-0.25, -0.2) is 0 Å². The van der Waals surface area contributed by atoms with Crippen LogP contribution in [0.4, 0.5) is 5.82 Å². The lowest BCUT2D eigenvalue weighted by Gasteiger charge is -2.40. The largest absolute Gasteiger partial charge is 0.494 e. The summed E-state index contributed by atoms with van der Waals surface area (Å²) in [6, 6.07) is 8.56. The van der Waals surface area contributed by atoms with Crippen LogP contribution in [0, 0.1) is 17.8 Å². The summed E-state index contributed by atoms with van der Waals surface area (Å²) in [6.07, 6.45) is 7.28. The number of anilines is 1. The van der Waals surface area contributed by atoms with E-state index in [2.05, 4.69) is 41.0 Å². The maximum Gasteiger partial charge on any atom is 0.197 e. The highest BCUT2D eigenvalue weighted by Crippen LogP contribution is 2.62. The van der Waals surface area contributed by atoms with Crippen molar-refractivity contribution in [1.29, 1.82) is 0 Å². The fourth-order valence-corrected chi connectivity index (χ4v) is 8.83. The van der Waals surface area contributed by atoms with Gasteiger partial charge in [0.05, 0.1) is 4.70 Å². The SMILES string of the molecule is CC1CC2CC1c1c2c(O)n(CC2CCCCC2CN2CCN(c3nsc4ccccc34)CC2)c1O. The Morgan fingerprint density at radius 2 is 1.64 bits per heavy atom. The monoisotopic (exact) mass is 506 g/mol. The van der Waals surface area contributed by atoms with Crippen molar-refractivity contribution >= 4 is 27.4 Å². The van der Waals surface area contributed by atoms with E-state index in [9.17, 15) is 10.2 Å². The quantitative estimate of drug-likeness (QED) is 0.461. The van der Waals surface area contributed by atoms with Crippen molar-refractivity contribution in [3.05, 3.63) is 35.4 Å². The number of hydrogen-bond donors (Lipinski definition) is 2. The Morgan fingerprint density at radius 3 is 2.44 bits per heavy atom. The first kappa shape index (κ1) is 22.9. The summed E-state index contributed by atoms with van der Waals surface area (Å²) in [7, 11) is 0. The predicted molar refractivity (Wildman–Crippen MR) is 145 cm³/mol. The highest BCUT2D eigenvalue weighted by molar-refractivity contribution is 7.13. The third-order valence-corrected chi connectivity index (χ3v) is 10.8. The van der Waals surface area contributed by atoms with Gasteiger partial charge in [0.25, 0.3) is 0 Å². The highest BCUT2D eigenvalue weighted by atomic mass is 32.1. The molecule has 0 spiro atoms. The Hall–Kier alpha value is -2.25. The lowest BCUT2D eigenvalue weighted by Crippen LogP contribution is -2.49. The van der Waals surface area contributed by atoms with Gasteiger partial charge in [-0.05, 0) is 78.9 Å². The molecule has 2 bridgehead atoms. The fraction of sp³-hybridized carbons (Fsp3) is 0.621. The fourth-order valence-electron chi connectivity index (χ4n) is 8.03. The molecule has 3 aromatic rings. The van der Waals surface area contributed by atoms with Crippen LogP contribution in [0.15, 0.2) is 24.3 Å². The minimum atomic E-state index is 0.370. The molecule has 0 amide bonds. The zero-order valence-corrected chi connectivity index (χ0v) is 22.1. The summed E-state index contributed by atoms with van der Waals surface area (Å²) in [5.74, 6) is 4.53. The second-order valence-electron chi connectivity index (χ2n) is 11.9. The molecule has 2 saturated carbocycles. The van der Waals surface area contributed by atoms with Crippen LogP contribution in [0.1, 0.15) is 68.4 Å². The van der Waals surface area contributed by atoms with E-state index >= 15 is 0 Å². The molecule has 2 N–H and O–H groups in total. The molecule has 36 heavy (non-hydrogen) atoms. The molecule has 5 atom stereocenters. The van der Waals surface area contributed by atoms with Crippen LogP contribution < -0.4 is 4.90 Å². The molecule has 5 unspecified atom stereocenters. The van der Waals surface area contributed by atoms with Gasteiger partial charge in [-0.3, -0.25) is 9.47 Å². The lowest BCUT2D eigenvalue weighted by molar-refractivity contribution is 0.130. The standard InChI is InChI=1S/C29H38N4O2S/c1-18-14-21-15-23(18)26-25(21)28(34)33(29(26)35)17-20-7-3-2-6-19(20)16-31-10-12-32(13-11-31)27-22-8-4-5-9-24(22)36-30-27/h4-5,8-9,18-21,23,34-35H,2-3,6-7,10-17H2,1H3. The van der Waals surface area contributed by atoms with E-state index in [1.807, 2.05) is 4.57 Å². The molecule has 1 aromatic carbocycles. The number of piperazine rings is 1. The van der Waals surface area contributed by atoms with E-state index in [-0.39, 0.29) is 0 Å². The van der Waals surface area contributed by atoms with Gasteiger partial charge in [-0.1, -0.05) is 31.9 Å². The second-order valence-corrected chi connectivity index (χ2v) is 12.7. The number of benzene rings is 1.